The minimum Gasteiger partial charge on any atom is -0.497 e. The fraction of sp³-hybridized carbons (Fsp3) is 0.500. The number of carbonyl (C=O) groups is 2. The first kappa shape index (κ1) is 16.2. The van der Waals surface area contributed by atoms with Crippen LogP contribution >= 0.6 is 0 Å². The maximum atomic E-state index is 12.2. The molecule has 1 unspecified atom stereocenters. The summed E-state index contributed by atoms with van der Waals surface area (Å²) in [6.07, 6.45) is 1.55. The molecule has 0 aromatic heterocycles. The van der Waals surface area contributed by atoms with E-state index < -0.39 is 11.9 Å². The number of ketones is 1. The Morgan fingerprint density at radius 3 is 2.30 bits per heavy atom. The molecular weight excluding hydrogens is 256 g/mol. The second kappa shape index (κ2) is 8.35. The van der Waals surface area contributed by atoms with Crippen LogP contribution in [0.3, 0.4) is 0 Å². The van der Waals surface area contributed by atoms with Crippen LogP contribution in [-0.4, -0.2) is 25.5 Å². The van der Waals surface area contributed by atoms with Crippen LogP contribution in [0.2, 0.25) is 0 Å². The third kappa shape index (κ3) is 4.68. The third-order valence-electron chi connectivity index (χ3n) is 3.07. The van der Waals surface area contributed by atoms with E-state index >= 15 is 0 Å². The lowest BCUT2D eigenvalue weighted by molar-refractivity contribution is -0.151. The Morgan fingerprint density at radius 1 is 1.15 bits per heavy atom. The summed E-state index contributed by atoms with van der Waals surface area (Å²) in [4.78, 5) is 24.0. The average molecular weight is 278 g/mol. The summed E-state index contributed by atoms with van der Waals surface area (Å²) in [6, 6.07) is 7.29. The molecule has 0 saturated heterocycles. The minimum absolute atomic E-state index is 0.0875. The molecule has 4 nitrogen and oxygen atoms in total. The lowest BCUT2D eigenvalue weighted by Crippen LogP contribution is -2.27. The molecular formula is C16H22O4. The molecule has 4 heteroatoms. The molecule has 0 aliphatic carbocycles. The fourth-order valence-electron chi connectivity index (χ4n) is 2.01. The van der Waals surface area contributed by atoms with E-state index in [0.29, 0.717) is 13.0 Å². The SMILES string of the molecule is CCCC(C(=O)Cc1ccc(OC)cc1)C(=O)OCC. The number of hydrogen-bond donors (Lipinski definition) is 0. The average Bonchev–Trinajstić information content (AvgIpc) is 2.45. The molecule has 0 spiro atoms. The molecule has 1 rings (SSSR count). The number of esters is 1. The molecule has 1 aromatic rings. The zero-order valence-corrected chi connectivity index (χ0v) is 12.3. The Balaban J connectivity index is 2.71. The highest BCUT2D eigenvalue weighted by Gasteiger charge is 2.26. The molecule has 0 saturated carbocycles. The highest BCUT2D eigenvalue weighted by atomic mass is 16.5. The van der Waals surface area contributed by atoms with Crippen LogP contribution in [0, 0.1) is 5.92 Å². The standard InChI is InChI=1S/C16H22O4/c1-4-6-14(16(18)20-5-2)15(17)11-12-7-9-13(19-3)10-8-12/h7-10,14H,4-6,11H2,1-3H3. The topological polar surface area (TPSA) is 52.6 Å². The Labute approximate surface area is 120 Å². The van der Waals surface area contributed by atoms with Gasteiger partial charge in [-0.2, -0.15) is 0 Å². The summed E-state index contributed by atoms with van der Waals surface area (Å²) >= 11 is 0. The number of Topliss-reactive ketones (excluding diaryl/α,β-unsaturated/α-hetero) is 1. The number of methoxy groups -OCH3 is 1. The van der Waals surface area contributed by atoms with E-state index in [1.54, 1.807) is 14.0 Å². The lowest BCUT2D eigenvalue weighted by Gasteiger charge is -2.13. The summed E-state index contributed by atoms with van der Waals surface area (Å²) in [6.45, 7) is 4.00. The van der Waals surface area contributed by atoms with Gasteiger partial charge in [0.25, 0.3) is 0 Å². The minimum atomic E-state index is -0.651. The highest BCUT2D eigenvalue weighted by molar-refractivity contribution is 5.99. The monoisotopic (exact) mass is 278 g/mol. The summed E-state index contributed by atoms with van der Waals surface area (Å²) in [5, 5.41) is 0. The molecule has 0 N–H and O–H groups in total. The normalized spacial score (nSPS) is 11.8. The summed E-state index contributed by atoms with van der Waals surface area (Å²) in [5.41, 5.74) is 0.876. The molecule has 0 amide bonds. The molecule has 0 bridgehead atoms. The van der Waals surface area contributed by atoms with Crippen LogP contribution in [0.1, 0.15) is 32.3 Å². The number of rotatable bonds is 8. The maximum absolute atomic E-state index is 12.2. The number of benzene rings is 1. The largest absolute Gasteiger partial charge is 0.497 e. The van der Waals surface area contributed by atoms with E-state index in [1.807, 2.05) is 31.2 Å². The van der Waals surface area contributed by atoms with Gasteiger partial charge in [0, 0.05) is 6.42 Å². The van der Waals surface area contributed by atoms with Crippen LogP contribution < -0.4 is 4.74 Å². The Hall–Kier alpha value is -1.84. The first-order valence-electron chi connectivity index (χ1n) is 6.94. The van der Waals surface area contributed by atoms with E-state index in [2.05, 4.69) is 0 Å². The van der Waals surface area contributed by atoms with Gasteiger partial charge in [0.15, 0.2) is 5.78 Å². The van der Waals surface area contributed by atoms with Crippen molar-refractivity contribution >= 4 is 11.8 Å². The maximum Gasteiger partial charge on any atom is 0.316 e. The van der Waals surface area contributed by atoms with Crippen LogP contribution in [0.15, 0.2) is 24.3 Å². The predicted molar refractivity (Wildman–Crippen MR) is 76.7 cm³/mol. The van der Waals surface area contributed by atoms with Crippen molar-refractivity contribution in [1.82, 2.24) is 0 Å². The molecule has 1 atom stereocenters. The van der Waals surface area contributed by atoms with Gasteiger partial charge in [-0.15, -0.1) is 0 Å². The van der Waals surface area contributed by atoms with Crippen molar-refractivity contribution in [2.24, 2.45) is 5.92 Å². The predicted octanol–water partition coefficient (Wildman–Crippen LogP) is 2.79. The van der Waals surface area contributed by atoms with Crippen LogP contribution in [-0.2, 0) is 20.7 Å². The van der Waals surface area contributed by atoms with Gasteiger partial charge in [0.2, 0.25) is 0 Å². The van der Waals surface area contributed by atoms with Crippen LogP contribution in [0.4, 0.5) is 0 Å². The van der Waals surface area contributed by atoms with Gasteiger partial charge in [-0.05, 0) is 31.0 Å². The van der Waals surface area contributed by atoms with Gasteiger partial charge in [0.1, 0.15) is 11.7 Å². The summed E-state index contributed by atoms with van der Waals surface area (Å²) in [7, 11) is 1.60. The molecule has 1 aromatic carbocycles. The molecule has 0 radical (unpaired) electrons. The van der Waals surface area contributed by atoms with E-state index in [9.17, 15) is 9.59 Å². The van der Waals surface area contributed by atoms with Gasteiger partial charge in [-0.25, -0.2) is 0 Å². The van der Waals surface area contributed by atoms with Crippen LogP contribution in [0.25, 0.3) is 0 Å². The molecule has 110 valence electrons. The zero-order chi connectivity index (χ0) is 15.0. The molecule has 0 aliphatic rings. The van der Waals surface area contributed by atoms with Gasteiger partial charge < -0.3 is 9.47 Å². The van der Waals surface area contributed by atoms with E-state index in [-0.39, 0.29) is 12.2 Å². The van der Waals surface area contributed by atoms with Crippen molar-refractivity contribution in [3.63, 3.8) is 0 Å². The van der Waals surface area contributed by atoms with Crippen molar-refractivity contribution in [1.29, 1.82) is 0 Å². The Morgan fingerprint density at radius 2 is 1.80 bits per heavy atom. The fourth-order valence-corrected chi connectivity index (χ4v) is 2.01. The van der Waals surface area contributed by atoms with Crippen molar-refractivity contribution in [2.45, 2.75) is 33.1 Å². The molecule has 20 heavy (non-hydrogen) atoms. The Kier molecular flexibility index (Phi) is 6.77. The van der Waals surface area contributed by atoms with Crippen LogP contribution in [0.5, 0.6) is 5.75 Å². The lowest BCUT2D eigenvalue weighted by atomic mass is 9.94. The smallest absolute Gasteiger partial charge is 0.316 e. The first-order valence-corrected chi connectivity index (χ1v) is 6.94. The number of ether oxygens (including phenoxy) is 2. The summed E-state index contributed by atoms with van der Waals surface area (Å²) in [5.74, 6) is -0.401. The second-order valence-corrected chi connectivity index (χ2v) is 4.58. The third-order valence-corrected chi connectivity index (χ3v) is 3.07. The zero-order valence-electron chi connectivity index (χ0n) is 12.3. The van der Waals surface area contributed by atoms with Crippen molar-refractivity contribution < 1.29 is 19.1 Å². The Bertz CT molecular complexity index is 436. The highest BCUT2D eigenvalue weighted by Crippen LogP contribution is 2.16. The van der Waals surface area contributed by atoms with E-state index in [0.717, 1.165) is 17.7 Å². The first-order chi connectivity index (χ1) is 9.62. The van der Waals surface area contributed by atoms with Gasteiger partial charge in [-0.3, -0.25) is 9.59 Å². The number of carbonyl (C=O) groups excluding carboxylic acids is 2. The van der Waals surface area contributed by atoms with Gasteiger partial charge >= 0.3 is 5.97 Å². The molecule has 0 heterocycles. The van der Waals surface area contributed by atoms with Gasteiger partial charge in [-0.1, -0.05) is 25.5 Å². The quantitative estimate of drug-likeness (QED) is 0.542. The van der Waals surface area contributed by atoms with Crippen molar-refractivity contribution in [3.8, 4) is 5.75 Å². The summed E-state index contributed by atoms with van der Waals surface area (Å²) < 4.78 is 10.0. The van der Waals surface area contributed by atoms with Crippen molar-refractivity contribution in [2.75, 3.05) is 13.7 Å². The molecule has 0 fully saturated rings. The molecule has 0 aliphatic heterocycles. The van der Waals surface area contributed by atoms with E-state index in [4.69, 9.17) is 9.47 Å². The van der Waals surface area contributed by atoms with Crippen molar-refractivity contribution in [3.05, 3.63) is 29.8 Å². The van der Waals surface area contributed by atoms with Gasteiger partial charge in [0.05, 0.1) is 13.7 Å². The van der Waals surface area contributed by atoms with E-state index in [1.165, 1.54) is 0 Å². The number of hydrogen-bond acceptors (Lipinski definition) is 4. The second-order valence-electron chi connectivity index (χ2n) is 4.58.